The third-order valence-electron chi connectivity index (χ3n) is 6.06. The molecule has 1 aliphatic heterocycles. The zero-order chi connectivity index (χ0) is 24.5. The Hall–Kier alpha value is -3.97. The quantitative estimate of drug-likeness (QED) is 0.308. The third-order valence-corrected chi connectivity index (χ3v) is 7.05. The molecule has 0 aliphatic carbocycles. The van der Waals surface area contributed by atoms with E-state index in [0.717, 1.165) is 22.0 Å². The molecule has 0 bridgehead atoms. The van der Waals surface area contributed by atoms with Crippen LogP contribution in [-0.4, -0.2) is 21.7 Å². The molecule has 2 aromatic carbocycles. The summed E-state index contributed by atoms with van der Waals surface area (Å²) in [4.78, 5) is 32.0. The van der Waals surface area contributed by atoms with Crippen LogP contribution >= 0.6 is 11.3 Å². The molecule has 176 valence electrons. The molecule has 0 fully saturated rings. The molecule has 3 heterocycles. The molecule has 0 spiro atoms. The zero-order valence-electron chi connectivity index (χ0n) is 19.6. The van der Waals surface area contributed by atoms with Crippen molar-refractivity contribution in [3.05, 3.63) is 116 Å². The smallest absolute Gasteiger partial charge is 0.338 e. The molecule has 1 aliphatic rings. The van der Waals surface area contributed by atoms with Gasteiger partial charge in [-0.1, -0.05) is 65.9 Å². The second-order valence-corrected chi connectivity index (χ2v) is 9.26. The number of esters is 1. The first-order valence-electron chi connectivity index (χ1n) is 11.5. The van der Waals surface area contributed by atoms with Crippen LogP contribution in [0.25, 0.3) is 17.0 Å². The number of nitrogens with zero attached hydrogens (tertiary/aromatic N) is 3. The molecule has 2 aromatic heterocycles. The number of carbonyl (C=O) groups is 1. The molecule has 7 heteroatoms. The van der Waals surface area contributed by atoms with Crippen LogP contribution in [0.5, 0.6) is 0 Å². The van der Waals surface area contributed by atoms with Crippen molar-refractivity contribution in [1.29, 1.82) is 0 Å². The Morgan fingerprint density at radius 2 is 1.91 bits per heavy atom. The lowest BCUT2D eigenvalue weighted by Gasteiger charge is -2.24. The molecule has 0 saturated carbocycles. The molecule has 1 atom stereocenters. The Labute approximate surface area is 206 Å². The highest BCUT2D eigenvalue weighted by Crippen LogP contribution is 2.30. The standard InChI is InChI=1S/C28H25N3O3S/c1-4-15-30-17-20(21-13-9-10-14-22(21)30)16-23-26(32)31-25(19-11-7-6-8-12-19)24(27(33)34-5-2)18(3)29-28(31)35-23/h4,6-14,16-17,25H,1,5,15H2,2-3H3/b23-16+. The zero-order valence-corrected chi connectivity index (χ0v) is 20.4. The largest absolute Gasteiger partial charge is 0.463 e. The van der Waals surface area contributed by atoms with E-state index in [0.29, 0.717) is 27.1 Å². The van der Waals surface area contributed by atoms with E-state index >= 15 is 0 Å². The van der Waals surface area contributed by atoms with Crippen LogP contribution in [0.2, 0.25) is 0 Å². The SMILES string of the molecule is C=CCn1cc(/C=c2/sc3n(c2=O)C(c2ccccc2)C(C(=O)OCC)=C(C)N=3)c2ccccc21. The number of hydrogen-bond acceptors (Lipinski definition) is 5. The van der Waals surface area contributed by atoms with Gasteiger partial charge in [0, 0.05) is 29.2 Å². The van der Waals surface area contributed by atoms with E-state index < -0.39 is 12.0 Å². The molecule has 5 rings (SSSR count). The number of ether oxygens (including phenoxy) is 1. The summed E-state index contributed by atoms with van der Waals surface area (Å²) in [7, 11) is 0. The monoisotopic (exact) mass is 483 g/mol. The van der Waals surface area contributed by atoms with Gasteiger partial charge in [0.25, 0.3) is 5.56 Å². The van der Waals surface area contributed by atoms with E-state index in [1.165, 1.54) is 11.3 Å². The van der Waals surface area contributed by atoms with Crippen molar-refractivity contribution in [3.8, 4) is 0 Å². The fourth-order valence-corrected chi connectivity index (χ4v) is 5.60. The van der Waals surface area contributed by atoms with Crippen molar-refractivity contribution in [1.82, 2.24) is 9.13 Å². The lowest BCUT2D eigenvalue weighted by atomic mass is 9.96. The number of allylic oxidation sites excluding steroid dienone is 2. The van der Waals surface area contributed by atoms with Crippen molar-refractivity contribution < 1.29 is 9.53 Å². The first-order valence-corrected chi connectivity index (χ1v) is 12.3. The van der Waals surface area contributed by atoms with E-state index in [1.807, 2.05) is 66.9 Å². The van der Waals surface area contributed by atoms with Gasteiger partial charge in [0.2, 0.25) is 0 Å². The predicted octanol–water partition coefficient (Wildman–Crippen LogP) is 3.94. The van der Waals surface area contributed by atoms with Gasteiger partial charge in [0.15, 0.2) is 4.80 Å². The molecule has 0 amide bonds. The summed E-state index contributed by atoms with van der Waals surface area (Å²) in [6.07, 6.45) is 5.80. The van der Waals surface area contributed by atoms with E-state index in [-0.39, 0.29) is 12.2 Å². The lowest BCUT2D eigenvalue weighted by molar-refractivity contribution is -0.139. The van der Waals surface area contributed by atoms with Gasteiger partial charge in [-0.05, 0) is 31.6 Å². The maximum Gasteiger partial charge on any atom is 0.338 e. The molecule has 6 nitrogen and oxygen atoms in total. The highest BCUT2D eigenvalue weighted by Gasteiger charge is 2.33. The summed E-state index contributed by atoms with van der Waals surface area (Å²) >= 11 is 1.33. The average Bonchev–Trinajstić information content (AvgIpc) is 3.36. The Bertz CT molecular complexity index is 1650. The fraction of sp³-hybridized carbons (Fsp3) is 0.179. The maximum atomic E-state index is 13.8. The summed E-state index contributed by atoms with van der Waals surface area (Å²) in [6.45, 7) is 8.34. The molecule has 0 saturated heterocycles. The first-order chi connectivity index (χ1) is 17.0. The molecule has 4 aromatic rings. The summed E-state index contributed by atoms with van der Waals surface area (Å²) in [6, 6.07) is 17.0. The van der Waals surface area contributed by atoms with Crippen molar-refractivity contribution in [2.24, 2.45) is 4.99 Å². The minimum atomic E-state index is -0.601. The maximum absolute atomic E-state index is 13.8. The number of thiazole rings is 1. The van der Waals surface area contributed by atoms with Crippen molar-refractivity contribution >= 4 is 34.3 Å². The Balaban J connectivity index is 1.74. The number of para-hydroxylation sites is 1. The van der Waals surface area contributed by atoms with Gasteiger partial charge in [-0.2, -0.15) is 0 Å². The number of hydrogen-bond donors (Lipinski definition) is 0. The second-order valence-electron chi connectivity index (χ2n) is 8.26. The first kappa shape index (κ1) is 22.8. The molecular formula is C28H25N3O3S. The Morgan fingerprint density at radius 3 is 2.66 bits per heavy atom. The van der Waals surface area contributed by atoms with Crippen molar-refractivity contribution in [2.45, 2.75) is 26.4 Å². The summed E-state index contributed by atoms with van der Waals surface area (Å²) < 4.78 is 9.64. The van der Waals surface area contributed by atoms with E-state index in [1.54, 1.807) is 18.4 Å². The molecule has 0 N–H and O–H groups in total. The van der Waals surface area contributed by atoms with Gasteiger partial charge in [0.1, 0.15) is 0 Å². The minimum Gasteiger partial charge on any atom is -0.463 e. The van der Waals surface area contributed by atoms with Gasteiger partial charge < -0.3 is 9.30 Å². The summed E-state index contributed by atoms with van der Waals surface area (Å²) in [5, 5.41) is 1.06. The van der Waals surface area contributed by atoms with Crippen molar-refractivity contribution in [3.63, 3.8) is 0 Å². The van der Waals surface area contributed by atoms with Crippen LogP contribution < -0.4 is 14.9 Å². The fourth-order valence-electron chi connectivity index (χ4n) is 4.56. The van der Waals surface area contributed by atoms with E-state index in [4.69, 9.17) is 4.74 Å². The lowest BCUT2D eigenvalue weighted by Crippen LogP contribution is -2.39. The van der Waals surface area contributed by atoms with Gasteiger partial charge in [-0.25, -0.2) is 9.79 Å². The number of rotatable bonds is 6. The number of fused-ring (bicyclic) bond motifs is 2. The average molecular weight is 484 g/mol. The minimum absolute atomic E-state index is 0.183. The molecular weight excluding hydrogens is 458 g/mol. The Morgan fingerprint density at radius 1 is 1.17 bits per heavy atom. The Kier molecular flexibility index (Phi) is 6.09. The molecule has 35 heavy (non-hydrogen) atoms. The normalized spacial score (nSPS) is 15.7. The molecule has 0 radical (unpaired) electrons. The van der Waals surface area contributed by atoms with Crippen LogP contribution in [0.15, 0.2) is 94.5 Å². The van der Waals surface area contributed by atoms with Gasteiger partial charge in [-0.15, -0.1) is 6.58 Å². The highest BCUT2D eigenvalue weighted by molar-refractivity contribution is 7.07. The van der Waals surface area contributed by atoms with Gasteiger partial charge >= 0.3 is 5.97 Å². The number of benzene rings is 2. The van der Waals surface area contributed by atoms with Crippen LogP contribution in [0.3, 0.4) is 0 Å². The van der Waals surface area contributed by atoms with Gasteiger partial charge in [-0.3, -0.25) is 9.36 Å². The predicted molar refractivity (Wildman–Crippen MR) is 139 cm³/mol. The molecule has 1 unspecified atom stereocenters. The van der Waals surface area contributed by atoms with E-state index in [2.05, 4.69) is 22.2 Å². The number of aromatic nitrogens is 2. The van der Waals surface area contributed by atoms with Crippen LogP contribution in [-0.2, 0) is 16.1 Å². The summed E-state index contributed by atoms with van der Waals surface area (Å²) in [5.74, 6) is -0.454. The topological polar surface area (TPSA) is 65.6 Å². The number of carbonyl (C=O) groups excluding carboxylic acids is 1. The van der Waals surface area contributed by atoms with Crippen LogP contribution in [0.4, 0.5) is 0 Å². The third kappa shape index (κ3) is 3.98. The van der Waals surface area contributed by atoms with Crippen molar-refractivity contribution in [2.75, 3.05) is 6.61 Å². The van der Waals surface area contributed by atoms with Crippen LogP contribution in [0, 0.1) is 0 Å². The summed E-state index contributed by atoms with van der Waals surface area (Å²) in [5.41, 5.74) is 3.63. The second kappa shape index (κ2) is 9.35. The van der Waals surface area contributed by atoms with Crippen LogP contribution in [0.1, 0.15) is 31.0 Å². The van der Waals surface area contributed by atoms with Gasteiger partial charge in [0.05, 0.1) is 28.5 Å². The van der Waals surface area contributed by atoms with E-state index in [9.17, 15) is 9.59 Å². The highest BCUT2D eigenvalue weighted by atomic mass is 32.1.